The van der Waals surface area contributed by atoms with Crippen molar-refractivity contribution in [2.24, 2.45) is 0 Å². The van der Waals surface area contributed by atoms with Crippen LogP contribution in [0.4, 0.5) is 10.1 Å². The Hall–Kier alpha value is -3.13. The summed E-state index contributed by atoms with van der Waals surface area (Å²) in [6.07, 6.45) is 2.32. The van der Waals surface area contributed by atoms with Crippen molar-refractivity contribution >= 4 is 16.6 Å². The van der Waals surface area contributed by atoms with E-state index in [2.05, 4.69) is 16.0 Å². The molecule has 2 aromatic carbocycles. The van der Waals surface area contributed by atoms with Crippen LogP contribution in [0.1, 0.15) is 29.7 Å². The Kier molecular flexibility index (Phi) is 4.64. The summed E-state index contributed by atoms with van der Waals surface area (Å²) in [5.41, 5.74) is 3.92. The fourth-order valence-corrected chi connectivity index (χ4v) is 3.58. The van der Waals surface area contributed by atoms with Crippen LogP contribution in [-0.4, -0.2) is 18.1 Å². The lowest BCUT2D eigenvalue weighted by Crippen LogP contribution is -2.18. The van der Waals surface area contributed by atoms with E-state index in [0.717, 1.165) is 53.8 Å². The Morgan fingerprint density at radius 1 is 1.19 bits per heavy atom. The molecule has 1 aliphatic heterocycles. The van der Waals surface area contributed by atoms with Crippen molar-refractivity contribution < 1.29 is 9.13 Å². The first-order valence-electron chi connectivity index (χ1n) is 9.12. The highest BCUT2D eigenvalue weighted by atomic mass is 19.1. The number of benzene rings is 2. The molecule has 136 valence electrons. The van der Waals surface area contributed by atoms with E-state index in [1.165, 1.54) is 6.07 Å². The minimum Gasteiger partial charge on any atom is -0.486 e. The second-order valence-electron chi connectivity index (χ2n) is 6.83. The van der Waals surface area contributed by atoms with Gasteiger partial charge in [-0.1, -0.05) is 18.2 Å². The van der Waals surface area contributed by atoms with Gasteiger partial charge >= 0.3 is 0 Å². The number of aromatic nitrogens is 1. The summed E-state index contributed by atoms with van der Waals surface area (Å²) >= 11 is 0. The Morgan fingerprint density at radius 3 is 2.74 bits per heavy atom. The second-order valence-corrected chi connectivity index (χ2v) is 6.83. The van der Waals surface area contributed by atoms with Crippen LogP contribution >= 0.6 is 0 Å². The van der Waals surface area contributed by atoms with E-state index < -0.39 is 5.82 Å². The second kappa shape index (κ2) is 7.24. The molecule has 4 nitrogen and oxygen atoms in total. The first-order valence-corrected chi connectivity index (χ1v) is 9.12. The van der Waals surface area contributed by atoms with Gasteiger partial charge in [-0.05, 0) is 38.0 Å². The number of rotatable bonds is 4. The van der Waals surface area contributed by atoms with Gasteiger partial charge in [0.05, 0.1) is 17.1 Å². The zero-order chi connectivity index (χ0) is 18.8. The molecular formula is C22H20FN3O. The van der Waals surface area contributed by atoms with Gasteiger partial charge in [-0.15, -0.1) is 0 Å². The Morgan fingerprint density at radius 2 is 1.96 bits per heavy atom. The number of pyridine rings is 1. The van der Waals surface area contributed by atoms with E-state index in [1.807, 2.05) is 25.1 Å². The monoisotopic (exact) mass is 361 g/mol. The molecule has 0 saturated carbocycles. The average Bonchev–Trinajstić information content (AvgIpc) is 3.21. The summed E-state index contributed by atoms with van der Waals surface area (Å²) in [6, 6.07) is 14.5. The summed E-state index contributed by atoms with van der Waals surface area (Å²) in [7, 11) is 0. The number of anilines is 1. The quantitative estimate of drug-likeness (QED) is 0.674. The van der Waals surface area contributed by atoms with Crippen LogP contribution in [0.5, 0.6) is 5.75 Å². The molecule has 0 atom stereocenters. The van der Waals surface area contributed by atoms with Crippen molar-refractivity contribution in [1.29, 1.82) is 5.26 Å². The summed E-state index contributed by atoms with van der Waals surface area (Å²) in [5.74, 6) is -0.260. The van der Waals surface area contributed by atoms with Crippen molar-refractivity contribution in [3.63, 3.8) is 0 Å². The SMILES string of the molecule is Cc1cc(N2CCCC2)c2cc(F)c(OCc3ccccc3C#N)cc2n1. The maximum Gasteiger partial charge on any atom is 0.165 e. The lowest BCUT2D eigenvalue weighted by atomic mass is 10.1. The van der Waals surface area contributed by atoms with Crippen molar-refractivity contribution in [2.45, 2.75) is 26.4 Å². The lowest BCUT2D eigenvalue weighted by molar-refractivity contribution is 0.290. The van der Waals surface area contributed by atoms with Gasteiger partial charge in [0.1, 0.15) is 6.61 Å². The van der Waals surface area contributed by atoms with Crippen molar-refractivity contribution in [2.75, 3.05) is 18.0 Å². The number of hydrogen-bond acceptors (Lipinski definition) is 4. The van der Waals surface area contributed by atoms with E-state index in [4.69, 9.17) is 4.74 Å². The minimum atomic E-state index is -0.414. The fraction of sp³-hybridized carbons (Fsp3) is 0.273. The lowest BCUT2D eigenvalue weighted by Gasteiger charge is -2.21. The Balaban J connectivity index is 1.68. The normalized spacial score (nSPS) is 13.7. The molecule has 3 aromatic rings. The maximum atomic E-state index is 14.7. The van der Waals surface area contributed by atoms with E-state index in [0.29, 0.717) is 5.56 Å². The van der Waals surface area contributed by atoms with Crippen molar-refractivity contribution in [1.82, 2.24) is 4.98 Å². The molecule has 1 aromatic heterocycles. The van der Waals surface area contributed by atoms with Crippen molar-refractivity contribution in [3.05, 3.63) is 65.1 Å². The molecule has 0 unspecified atom stereocenters. The van der Waals surface area contributed by atoms with Gasteiger partial charge < -0.3 is 9.64 Å². The number of fused-ring (bicyclic) bond motifs is 1. The van der Waals surface area contributed by atoms with Crippen LogP contribution in [0.15, 0.2) is 42.5 Å². The zero-order valence-electron chi connectivity index (χ0n) is 15.2. The summed E-state index contributed by atoms with van der Waals surface area (Å²) < 4.78 is 20.4. The molecule has 0 aliphatic carbocycles. The molecule has 5 heteroatoms. The van der Waals surface area contributed by atoms with Crippen LogP contribution in [-0.2, 0) is 6.61 Å². The fourth-order valence-electron chi connectivity index (χ4n) is 3.58. The molecule has 0 bridgehead atoms. The standard InChI is InChI=1S/C22H20FN3O/c1-15-10-21(26-8-4-5-9-26)18-11-19(23)22(12-20(18)25-15)27-14-17-7-3-2-6-16(17)13-24/h2-3,6-7,10-12H,4-5,8-9,14H2,1H3. The maximum absolute atomic E-state index is 14.7. The Labute approximate surface area is 157 Å². The predicted molar refractivity (Wildman–Crippen MR) is 103 cm³/mol. The third-order valence-corrected chi connectivity index (χ3v) is 4.94. The number of nitrogens with zero attached hydrogens (tertiary/aromatic N) is 3. The smallest absolute Gasteiger partial charge is 0.165 e. The van der Waals surface area contributed by atoms with Crippen molar-refractivity contribution in [3.8, 4) is 11.8 Å². The van der Waals surface area contributed by atoms with E-state index in [-0.39, 0.29) is 12.4 Å². The molecule has 1 saturated heterocycles. The first-order chi connectivity index (χ1) is 13.2. The third-order valence-electron chi connectivity index (χ3n) is 4.94. The van der Waals surface area contributed by atoms with Gasteiger partial charge in [-0.2, -0.15) is 5.26 Å². The van der Waals surface area contributed by atoms with Crippen LogP contribution in [0.3, 0.4) is 0 Å². The average molecular weight is 361 g/mol. The zero-order valence-corrected chi connectivity index (χ0v) is 15.2. The summed E-state index contributed by atoms with van der Waals surface area (Å²) in [6.45, 7) is 4.07. The van der Waals surface area contributed by atoms with Crippen LogP contribution in [0, 0.1) is 24.1 Å². The number of halogens is 1. The highest BCUT2D eigenvalue weighted by Gasteiger charge is 2.18. The molecule has 0 amide bonds. The molecule has 0 radical (unpaired) electrons. The van der Waals surface area contributed by atoms with Crippen LogP contribution in [0.2, 0.25) is 0 Å². The largest absolute Gasteiger partial charge is 0.486 e. The summed E-state index contributed by atoms with van der Waals surface area (Å²) in [4.78, 5) is 6.86. The number of ether oxygens (including phenoxy) is 1. The first kappa shape index (κ1) is 17.3. The van der Waals surface area contributed by atoms with Gasteiger partial charge in [0.25, 0.3) is 0 Å². The molecular weight excluding hydrogens is 341 g/mol. The molecule has 0 N–H and O–H groups in total. The van der Waals surface area contributed by atoms with Gasteiger partial charge in [-0.25, -0.2) is 4.39 Å². The predicted octanol–water partition coefficient (Wildman–Crippen LogP) is 4.73. The van der Waals surface area contributed by atoms with E-state index >= 15 is 0 Å². The minimum absolute atomic E-state index is 0.136. The van der Waals surface area contributed by atoms with Crippen LogP contribution in [0.25, 0.3) is 10.9 Å². The summed E-state index contributed by atoms with van der Waals surface area (Å²) in [5, 5.41) is 9.99. The number of hydrogen-bond donors (Lipinski definition) is 0. The molecule has 1 aliphatic rings. The number of nitriles is 1. The Bertz CT molecular complexity index is 1040. The molecule has 4 rings (SSSR count). The van der Waals surface area contributed by atoms with Gasteiger partial charge in [-0.3, -0.25) is 4.98 Å². The highest BCUT2D eigenvalue weighted by Crippen LogP contribution is 2.33. The van der Waals surface area contributed by atoms with E-state index in [1.54, 1.807) is 18.2 Å². The molecule has 2 heterocycles. The third kappa shape index (κ3) is 3.43. The van der Waals surface area contributed by atoms with Crippen LogP contribution < -0.4 is 9.64 Å². The molecule has 0 spiro atoms. The van der Waals surface area contributed by atoms with E-state index in [9.17, 15) is 9.65 Å². The topological polar surface area (TPSA) is 49.1 Å². The molecule has 1 fully saturated rings. The van der Waals surface area contributed by atoms with Gasteiger partial charge in [0.15, 0.2) is 11.6 Å². The highest BCUT2D eigenvalue weighted by molar-refractivity contribution is 5.93. The van der Waals surface area contributed by atoms with Gasteiger partial charge in [0, 0.05) is 41.5 Å². The molecule has 27 heavy (non-hydrogen) atoms. The number of aryl methyl sites for hydroxylation is 1. The van der Waals surface area contributed by atoms with Gasteiger partial charge in [0.2, 0.25) is 0 Å².